The van der Waals surface area contributed by atoms with E-state index in [9.17, 15) is 14.9 Å². The molecule has 0 N–H and O–H groups in total. The van der Waals surface area contributed by atoms with Gasteiger partial charge in [-0.2, -0.15) is 0 Å². The number of nitrogens with zero attached hydrogens (tertiary/aromatic N) is 1. The largest absolute Gasteiger partial charge is 0.466 e. The second-order valence-corrected chi connectivity index (χ2v) is 2.45. The van der Waals surface area contributed by atoms with Gasteiger partial charge in [-0.1, -0.05) is 0 Å². The molecule has 0 spiro atoms. The summed E-state index contributed by atoms with van der Waals surface area (Å²) in [4.78, 5) is 20.4. The molecule has 1 aliphatic rings. The number of rotatable bonds is 3. The minimum Gasteiger partial charge on any atom is -0.466 e. The summed E-state index contributed by atoms with van der Waals surface area (Å²) in [5.41, 5.74) is 0. The third-order valence-electron chi connectivity index (χ3n) is 1.62. The van der Waals surface area contributed by atoms with Gasteiger partial charge in [0.2, 0.25) is 6.04 Å². The number of carbonyl (C=O) groups is 1. The zero-order valence-electron chi connectivity index (χ0n) is 6.15. The van der Waals surface area contributed by atoms with Crippen LogP contribution in [0.2, 0.25) is 0 Å². The summed E-state index contributed by atoms with van der Waals surface area (Å²) in [6.45, 7) is 1.97. The number of hydrogen-bond donors (Lipinski definition) is 0. The van der Waals surface area contributed by atoms with Gasteiger partial charge in [0.05, 0.1) is 6.61 Å². The van der Waals surface area contributed by atoms with Crippen molar-refractivity contribution < 1.29 is 14.5 Å². The highest BCUT2D eigenvalue weighted by atomic mass is 16.6. The van der Waals surface area contributed by atoms with Crippen LogP contribution in [0, 0.1) is 16.0 Å². The van der Waals surface area contributed by atoms with E-state index in [0.29, 0.717) is 13.0 Å². The van der Waals surface area contributed by atoms with Crippen LogP contribution in [0.5, 0.6) is 0 Å². The number of esters is 1. The predicted octanol–water partition coefficient (Wildman–Crippen LogP) is 0.215. The minimum absolute atomic E-state index is 0.291. The fourth-order valence-corrected chi connectivity index (χ4v) is 0.917. The van der Waals surface area contributed by atoms with Crippen molar-refractivity contribution in [1.29, 1.82) is 0 Å². The maximum Gasteiger partial charge on any atom is 0.316 e. The lowest BCUT2D eigenvalue weighted by atomic mass is 10.4. The van der Waals surface area contributed by atoms with E-state index in [-0.39, 0.29) is 0 Å². The van der Waals surface area contributed by atoms with Gasteiger partial charge < -0.3 is 4.74 Å². The van der Waals surface area contributed by atoms with Crippen LogP contribution < -0.4 is 0 Å². The lowest BCUT2D eigenvalue weighted by Gasteiger charge is -1.96. The lowest BCUT2D eigenvalue weighted by Crippen LogP contribution is -2.13. The summed E-state index contributed by atoms with van der Waals surface area (Å²) in [7, 11) is 0. The van der Waals surface area contributed by atoms with Crippen molar-refractivity contribution in [3.8, 4) is 0 Å². The first kappa shape index (κ1) is 7.97. The molecule has 1 rings (SSSR count). The Morgan fingerprint density at radius 3 is 2.82 bits per heavy atom. The first-order valence-electron chi connectivity index (χ1n) is 3.47. The molecule has 5 heteroatoms. The van der Waals surface area contributed by atoms with Gasteiger partial charge in [-0.3, -0.25) is 14.9 Å². The highest BCUT2D eigenvalue weighted by Crippen LogP contribution is 2.33. The fourth-order valence-electron chi connectivity index (χ4n) is 0.917. The van der Waals surface area contributed by atoms with Gasteiger partial charge in [0.15, 0.2) is 0 Å². The van der Waals surface area contributed by atoms with E-state index < -0.39 is 22.9 Å². The van der Waals surface area contributed by atoms with Crippen LogP contribution in [0.25, 0.3) is 0 Å². The average Bonchev–Trinajstić information content (AvgIpc) is 2.65. The van der Waals surface area contributed by atoms with E-state index in [0.717, 1.165) is 0 Å². The molecular formula is C6H9NO4. The first-order chi connectivity index (χ1) is 5.16. The van der Waals surface area contributed by atoms with Gasteiger partial charge >= 0.3 is 5.97 Å². The molecule has 1 fully saturated rings. The van der Waals surface area contributed by atoms with Gasteiger partial charge in [-0.15, -0.1) is 0 Å². The molecule has 1 saturated carbocycles. The van der Waals surface area contributed by atoms with Crippen molar-refractivity contribution in [2.45, 2.75) is 19.4 Å². The van der Waals surface area contributed by atoms with E-state index in [4.69, 9.17) is 0 Å². The monoisotopic (exact) mass is 159 g/mol. The molecule has 2 atom stereocenters. The summed E-state index contributed by atoms with van der Waals surface area (Å²) < 4.78 is 4.60. The molecule has 0 unspecified atom stereocenters. The lowest BCUT2D eigenvalue weighted by molar-refractivity contribution is -0.497. The second kappa shape index (κ2) is 2.86. The van der Waals surface area contributed by atoms with Crippen LogP contribution >= 0.6 is 0 Å². The highest BCUT2D eigenvalue weighted by molar-refractivity contribution is 5.76. The second-order valence-electron chi connectivity index (χ2n) is 2.45. The fraction of sp³-hybridized carbons (Fsp3) is 0.833. The van der Waals surface area contributed by atoms with Crippen LogP contribution in [0.1, 0.15) is 13.3 Å². The highest BCUT2D eigenvalue weighted by Gasteiger charge is 2.54. The quantitative estimate of drug-likeness (QED) is 0.335. The maximum absolute atomic E-state index is 10.8. The Morgan fingerprint density at radius 2 is 2.45 bits per heavy atom. The summed E-state index contributed by atoms with van der Waals surface area (Å²) >= 11 is 0. The van der Waals surface area contributed by atoms with Crippen LogP contribution in [-0.2, 0) is 9.53 Å². The molecule has 62 valence electrons. The Balaban J connectivity index is 2.32. The topological polar surface area (TPSA) is 69.4 Å². The van der Waals surface area contributed by atoms with Crippen LogP contribution in [0.3, 0.4) is 0 Å². The van der Waals surface area contributed by atoms with Gasteiger partial charge in [0.25, 0.3) is 0 Å². The predicted molar refractivity (Wildman–Crippen MR) is 35.5 cm³/mol. The van der Waals surface area contributed by atoms with Crippen LogP contribution in [0.15, 0.2) is 0 Å². The average molecular weight is 159 g/mol. The van der Waals surface area contributed by atoms with Crippen molar-refractivity contribution in [2.75, 3.05) is 6.61 Å². The van der Waals surface area contributed by atoms with Crippen molar-refractivity contribution >= 4 is 5.97 Å². The Bertz CT molecular complexity index is 191. The molecule has 0 saturated heterocycles. The number of carbonyl (C=O) groups excluding carboxylic acids is 1. The van der Waals surface area contributed by atoms with Crippen molar-refractivity contribution in [2.24, 2.45) is 5.92 Å². The molecule has 0 amide bonds. The van der Waals surface area contributed by atoms with Gasteiger partial charge in [0, 0.05) is 11.3 Å². The zero-order chi connectivity index (χ0) is 8.43. The maximum atomic E-state index is 10.8. The molecule has 0 heterocycles. The first-order valence-corrected chi connectivity index (χ1v) is 3.47. The Morgan fingerprint density at radius 1 is 1.82 bits per heavy atom. The van der Waals surface area contributed by atoms with Gasteiger partial charge in [-0.25, -0.2) is 0 Å². The standard InChI is InChI=1S/C6H9NO4/c1-2-11-6(8)4-3-5(4)7(9)10/h4-5H,2-3H2,1H3/t4-,5+/m0/s1. The normalized spacial score (nSPS) is 27.7. The molecule has 0 aromatic rings. The summed E-state index contributed by atoms with van der Waals surface area (Å²) in [6, 6.07) is -0.686. The molecule has 11 heavy (non-hydrogen) atoms. The van der Waals surface area contributed by atoms with E-state index >= 15 is 0 Å². The van der Waals surface area contributed by atoms with E-state index in [2.05, 4.69) is 4.74 Å². The molecule has 0 bridgehead atoms. The van der Waals surface area contributed by atoms with Gasteiger partial charge in [0.1, 0.15) is 5.92 Å². The molecule has 0 radical (unpaired) electrons. The smallest absolute Gasteiger partial charge is 0.316 e. The third kappa shape index (κ3) is 1.66. The molecule has 5 nitrogen and oxygen atoms in total. The number of nitro groups is 1. The molecule has 0 aromatic heterocycles. The molecular weight excluding hydrogens is 150 g/mol. The van der Waals surface area contributed by atoms with E-state index in [1.807, 2.05) is 0 Å². The Labute approximate surface area is 63.5 Å². The van der Waals surface area contributed by atoms with Crippen molar-refractivity contribution in [3.05, 3.63) is 10.1 Å². The number of hydrogen-bond acceptors (Lipinski definition) is 4. The van der Waals surface area contributed by atoms with Crippen LogP contribution in [-0.4, -0.2) is 23.5 Å². The van der Waals surface area contributed by atoms with Crippen molar-refractivity contribution in [3.63, 3.8) is 0 Å². The Kier molecular flexibility index (Phi) is 2.07. The van der Waals surface area contributed by atoms with E-state index in [1.165, 1.54) is 0 Å². The molecule has 0 aromatic carbocycles. The van der Waals surface area contributed by atoms with E-state index in [1.54, 1.807) is 6.92 Å². The molecule has 1 aliphatic carbocycles. The minimum atomic E-state index is -0.686. The number of ether oxygens (including phenoxy) is 1. The zero-order valence-corrected chi connectivity index (χ0v) is 6.15. The Hall–Kier alpha value is -1.13. The third-order valence-corrected chi connectivity index (χ3v) is 1.62. The summed E-state index contributed by atoms with van der Waals surface area (Å²) in [6.07, 6.45) is 0.339. The molecule has 0 aliphatic heterocycles. The van der Waals surface area contributed by atoms with Gasteiger partial charge in [-0.05, 0) is 6.92 Å². The summed E-state index contributed by atoms with van der Waals surface area (Å²) in [5, 5.41) is 10.1. The SMILES string of the molecule is CCOC(=O)[C@H]1C[C@H]1[N+](=O)[O-]. The summed E-state index contributed by atoms with van der Waals surface area (Å²) in [5.74, 6) is -0.917. The van der Waals surface area contributed by atoms with Crippen LogP contribution in [0.4, 0.5) is 0 Å². The van der Waals surface area contributed by atoms with Crippen molar-refractivity contribution in [1.82, 2.24) is 0 Å².